The van der Waals surface area contributed by atoms with Crippen LogP contribution in [-0.2, 0) is 44.8 Å². The van der Waals surface area contributed by atoms with E-state index in [1.54, 1.807) is 0 Å². The Hall–Kier alpha value is 1.11. The van der Waals surface area contributed by atoms with Gasteiger partial charge in [-0.3, -0.25) is 0 Å². The largest absolute Gasteiger partial charge is 5.00 e. The van der Waals surface area contributed by atoms with Gasteiger partial charge in [0.1, 0.15) is 0 Å². The van der Waals surface area contributed by atoms with E-state index in [4.69, 9.17) is 0 Å². The molecule has 0 bridgehead atoms. The van der Waals surface area contributed by atoms with Crippen molar-refractivity contribution in [2.24, 2.45) is 0 Å². The van der Waals surface area contributed by atoms with Gasteiger partial charge in [-0.2, -0.15) is 0 Å². The Labute approximate surface area is 94.0 Å². The molecule has 0 unspecified atom stereocenters. The molecule has 0 aliphatic rings. The predicted octanol–water partition coefficient (Wildman–Crippen LogP) is -1.60. The molecule has 0 aromatic heterocycles. The SMILES string of the molecule is [OH-].[OH-].[OH-].[OH-].[OH-].[OH-].[OH-].[OH-].[OH-].[V+5].[Zr+4]. The second kappa shape index (κ2) is 925. The van der Waals surface area contributed by atoms with Crippen LogP contribution in [0.1, 0.15) is 0 Å². The first-order chi connectivity index (χ1) is 0. The van der Waals surface area contributed by atoms with Crippen LogP contribution < -0.4 is 0 Å². The molecule has 9 nitrogen and oxygen atoms in total. The Bertz CT molecular complexity index is 9.52. The second-order valence-electron chi connectivity index (χ2n) is 0. The summed E-state index contributed by atoms with van der Waals surface area (Å²) in [5, 5.41) is 0. The van der Waals surface area contributed by atoms with Crippen LogP contribution >= 0.6 is 0 Å². The van der Waals surface area contributed by atoms with Crippen molar-refractivity contribution in [3.63, 3.8) is 0 Å². The second-order valence-corrected chi connectivity index (χ2v) is 0. The summed E-state index contributed by atoms with van der Waals surface area (Å²) in [4.78, 5) is 0. The summed E-state index contributed by atoms with van der Waals surface area (Å²) in [5.74, 6) is 0. The summed E-state index contributed by atoms with van der Waals surface area (Å²) in [6.07, 6.45) is 0. The summed E-state index contributed by atoms with van der Waals surface area (Å²) >= 11 is 0. The van der Waals surface area contributed by atoms with E-state index < -0.39 is 0 Å². The molecule has 0 fully saturated rings. The van der Waals surface area contributed by atoms with E-state index in [9.17, 15) is 0 Å². The van der Waals surface area contributed by atoms with Crippen molar-refractivity contribution < 1.29 is 94.0 Å². The smallest absolute Gasteiger partial charge is 0.870 e. The molecule has 0 aliphatic heterocycles. The normalized spacial score (nSPS) is 0. The summed E-state index contributed by atoms with van der Waals surface area (Å²) in [5.41, 5.74) is 0. The first-order valence-electron chi connectivity index (χ1n) is 0. The van der Waals surface area contributed by atoms with Crippen molar-refractivity contribution >= 4 is 0 Å². The van der Waals surface area contributed by atoms with Gasteiger partial charge >= 0.3 is 44.8 Å². The van der Waals surface area contributed by atoms with Crippen LogP contribution in [0.2, 0.25) is 0 Å². The minimum Gasteiger partial charge on any atom is -0.870 e. The Morgan fingerprint density at radius 1 is 0.273 bits per heavy atom. The molecule has 0 heterocycles. The van der Waals surface area contributed by atoms with Gasteiger partial charge in [-0.05, 0) is 0 Å². The minimum atomic E-state index is 0. The topological polar surface area (TPSA) is 270 Å². The fourth-order valence-corrected chi connectivity index (χ4v) is 0. The average Bonchev–Trinajstić information content (AvgIpc) is 0. The van der Waals surface area contributed by atoms with Gasteiger partial charge in [0.05, 0.1) is 0 Å². The zero-order valence-corrected chi connectivity index (χ0v) is 8.83. The molecule has 0 saturated carbocycles. The maximum Gasteiger partial charge on any atom is 5.00 e. The maximum atomic E-state index is 0. The third-order valence-electron chi connectivity index (χ3n) is 0. The molecule has 0 radical (unpaired) electrons. The summed E-state index contributed by atoms with van der Waals surface area (Å²) in [6, 6.07) is 0. The van der Waals surface area contributed by atoms with E-state index in [0.29, 0.717) is 0 Å². The first kappa shape index (κ1) is 1220. The third kappa shape index (κ3) is 751. The van der Waals surface area contributed by atoms with Crippen LogP contribution in [0.15, 0.2) is 0 Å². The van der Waals surface area contributed by atoms with E-state index in [0.717, 1.165) is 0 Å². The molecule has 11 heavy (non-hydrogen) atoms. The van der Waals surface area contributed by atoms with Gasteiger partial charge < -0.3 is 49.3 Å². The Morgan fingerprint density at radius 3 is 0.273 bits per heavy atom. The van der Waals surface area contributed by atoms with Gasteiger partial charge in [0, 0.05) is 0 Å². The maximum absolute atomic E-state index is 0. The summed E-state index contributed by atoms with van der Waals surface area (Å²) in [7, 11) is 0. The predicted molar refractivity (Wildman–Crippen MR) is 17.4 cm³/mol. The molecule has 0 saturated heterocycles. The van der Waals surface area contributed by atoms with E-state index in [1.807, 2.05) is 0 Å². The fourth-order valence-electron chi connectivity index (χ4n) is 0. The van der Waals surface area contributed by atoms with Gasteiger partial charge in [0.25, 0.3) is 0 Å². The van der Waals surface area contributed by atoms with Crippen LogP contribution in [-0.4, -0.2) is 49.3 Å². The van der Waals surface area contributed by atoms with E-state index in [1.165, 1.54) is 0 Å². The molecule has 0 rings (SSSR count). The standard InChI is InChI=1S/9H2O.V.Zr/h9*1H2;;/q;;;;;;;;;+5;+4/p-9. The van der Waals surface area contributed by atoms with Crippen molar-refractivity contribution in [3.05, 3.63) is 0 Å². The first-order valence-corrected chi connectivity index (χ1v) is 0. The Morgan fingerprint density at radius 2 is 0.273 bits per heavy atom. The molecule has 0 amide bonds. The summed E-state index contributed by atoms with van der Waals surface area (Å²) in [6.45, 7) is 0. The summed E-state index contributed by atoms with van der Waals surface area (Å²) < 4.78 is 0. The van der Waals surface area contributed by atoms with Gasteiger partial charge in [-0.1, -0.05) is 0 Å². The monoisotopic (exact) mass is 294 g/mol. The molecule has 0 aromatic carbocycles. The zero-order chi connectivity index (χ0) is 0. The average molecular weight is 295 g/mol. The van der Waals surface area contributed by atoms with Crippen molar-refractivity contribution in [1.82, 2.24) is 0 Å². The van der Waals surface area contributed by atoms with E-state index in [2.05, 4.69) is 0 Å². The van der Waals surface area contributed by atoms with Crippen molar-refractivity contribution in [2.75, 3.05) is 0 Å². The van der Waals surface area contributed by atoms with Crippen LogP contribution in [0.4, 0.5) is 0 Å². The molecule has 72 valence electrons. The molecule has 0 aliphatic carbocycles. The van der Waals surface area contributed by atoms with Crippen molar-refractivity contribution in [3.8, 4) is 0 Å². The Balaban J connectivity index is 0. The zero-order valence-electron chi connectivity index (χ0n) is 4.97. The molecule has 11 heteroatoms. The van der Waals surface area contributed by atoms with Gasteiger partial charge in [0.2, 0.25) is 0 Å². The molecular weight excluding hydrogens is 286 g/mol. The number of hydrogen-bond donors (Lipinski definition) is 0. The molecular formula is H9O9VZr. The van der Waals surface area contributed by atoms with Crippen LogP contribution in [0.5, 0.6) is 0 Å². The quantitative estimate of drug-likeness (QED) is 0.496. The number of hydrogen-bond acceptors (Lipinski definition) is 9. The third-order valence-corrected chi connectivity index (χ3v) is 0. The van der Waals surface area contributed by atoms with Crippen LogP contribution in [0, 0.1) is 0 Å². The van der Waals surface area contributed by atoms with Crippen molar-refractivity contribution in [2.45, 2.75) is 0 Å². The minimum absolute atomic E-state index is 0. The number of rotatable bonds is 0. The van der Waals surface area contributed by atoms with Crippen LogP contribution in [0.3, 0.4) is 0 Å². The van der Waals surface area contributed by atoms with Crippen molar-refractivity contribution in [1.29, 1.82) is 0 Å². The Kier molecular flexibility index (Phi) is 102000. The molecule has 0 aromatic rings. The molecule has 0 atom stereocenters. The fraction of sp³-hybridized carbons (Fsp3) is 0. The molecule has 9 N–H and O–H groups in total. The van der Waals surface area contributed by atoms with Crippen LogP contribution in [0.25, 0.3) is 0 Å². The van der Waals surface area contributed by atoms with Gasteiger partial charge in [0.15, 0.2) is 0 Å². The van der Waals surface area contributed by atoms with Gasteiger partial charge in [-0.25, -0.2) is 0 Å². The molecule has 0 spiro atoms. The van der Waals surface area contributed by atoms with E-state index >= 15 is 0 Å². The van der Waals surface area contributed by atoms with E-state index in [-0.39, 0.29) is 94.0 Å². The van der Waals surface area contributed by atoms with Gasteiger partial charge in [-0.15, -0.1) is 0 Å².